The summed E-state index contributed by atoms with van der Waals surface area (Å²) in [5.41, 5.74) is 3.25. The summed E-state index contributed by atoms with van der Waals surface area (Å²) >= 11 is 6.14. The van der Waals surface area contributed by atoms with Gasteiger partial charge in [-0.2, -0.15) is 0 Å². The molecule has 1 saturated carbocycles. The van der Waals surface area contributed by atoms with Crippen molar-refractivity contribution in [3.05, 3.63) is 33.8 Å². The van der Waals surface area contributed by atoms with Crippen molar-refractivity contribution in [2.45, 2.75) is 64.9 Å². The maximum Gasteiger partial charge on any atom is 0.0820 e. The molecular weight excluding hydrogens is 256 g/mol. The molecule has 1 nitrogen and oxygen atoms in total. The number of rotatable bonds is 2. The number of aliphatic hydroxyl groups is 1. The van der Waals surface area contributed by atoms with Crippen molar-refractivity contribution in [1.82, 2.24) is 0 Å². The number of halogens is 1. The summed E-state index contributed by atoms with van der Waals surface area (Å²) in [5, 5.41) is 11.5. The lowest BCUT2D eigenvalue weighted by atomic mass is 9.83. The predicted octanol–water partition coefficient (Wildman–Crippen LogP) is 5.35. The van der Waals surface area contributed by atoms with Crippen LogP contribution < -0.4 is 0 Å². The van der Waals surface area contributed by atoms with Gasteiger partial charge in [0.1, 0.15) is 0 Å². The Morgan fingerprint density at radius 3 is 2.21 bits per heavy atom. The largest absolute Gasteiger partial charge is 0.388 e. The number of aryl methyl sites for hydroxylation is 2. The Labute approximate surface area is 122 Å². The quantitative estimate of drug-likeness (QED) is 0.774. The zero-order valence-corrected chi connectivity index (χ0v) is 12.8. The van der Waals surface area contributed by atoms with Crippen molar-refractivity contribution in [2.75, 3.05) is 0 Å². The van der Waals surface area contributed by atoms with Gasteiger partial charge in [0.25, 0.3) is 0 Å². The third-order valence-corrected chi connectivity index (χ3v) is 4.87. The molecule has 0 saturated heterocycles. The number of hydrogen-bond acceptors (Lipinski definition) is 1. The first-order valence-corrected chi connectivity index (χ1v) is 7.92. The highest BCUT2D eigenvalue weighted by atomic mass is 35.5. The van der Waals surface area contributed by atoms with Crippen LogP contribution in [0.15, 0.2) is 12.1 Å². The van der Waals surface area contributed by atoms with Crippen LogP contribution in [0.2, 0.25) is 5.02 Å². The van der Waals surface area contributed by atoms with Crippen LogP contribution in [-0.4, -0.2) is 5.11 Å². The summed E-state index contributed by atoms with van der Waals surface area (Å²) in [5.74, 6) is 0.416. The van der Waals surface area contributed by atoms with Gasteiger partial charge in [0.2, 0.25) is 0 Å². The maximum atomic E-state index is 10.7. The third kappa shape index (κ3) is 3.73. The summed E-state index contributed by atoms with van der Waals surface area (Å²) < 4.78 is 0. The fourth-order valence-electron chi connectivity index (χ4n) is 3.18. The summed E-state index contributed by atoms with van der Waals surface area (Å²) in [6.45, 7) is 4.06. The highest BCUT2D eigenvalue weighted by Gasteiger charge is 2.23. The molecule has 0 aliphatic heterocycles. The van der Waals surface area contributed by atoms with Crippen LogP contribution in [0, 0.1) is 19.8 Å². The molecule has 0 bridgehead atoms. The van der Waals surface area contributed by atoms with Gasteiger partial charge in [0.15, 0.2) is 0 Å². The molecule has 2 heteroatoms. The molecule has 0 spiro atoms. The van der Waals surface area contributed by atoms with Crippen LogP contribution in [0.1, 0.15) is 67.7 Å². The van der Waals surface area contributed by atoms with E-state index in [0.717, 1.165) is 34.6 Å². The molecule has 1 aromatic carbocycles. The van der Waals surface area contributed by atoms with E-state index in [2.05, 4.69) is 6.07 Å². The molecule has 1 fully saturated rings. The van der Waals surface area contributed by atoms with Crippen molar-refractivity contribution < 1.29 is 5.11 Å². The van der Waals surface area contributed by atoms with Crippen LogP contribution in [0.4, 0.5) is 0 Å². The second kappa shape index (κ2) is 6.76. The molecule has 0 aromatic heterocycles. The van der Waals surface area contributed by atoms with Crippen molar-refractivity contribution in [2.24, 2.45) is 5.92 Å². The van der Waals surface area contributed by atoms with Crippen molar-refractivity contribution in [3.8, 4) is 0 Å². The Morgan fingerprint density at radius 1 is 1.00 bits per heavy atom. The average molecular weight is 281 g/mol. The van der Waals surface area contributed by atoms with E-state index in [1.807, 2.05) is 19.9 Å². The minimum atomic E-state index is -0.325. The van der Waals surface area contributed by atoms with Crippen LogP contribution in [0.5, 0.6) is 0 Å². The second-order valence-electron chi connectivity index (χ2n) is 6.01. The van der Waals surface area contributed by atoms with Crippen molar-refractivity contribution >= 4 is 11.6 Å². The minimum Gasteiger partial charge on any atom is -0.388 e. The van der Waals surface area contributed by atoms with E-state index in [9.17, 15) is 5.11 Å². The molecule has 1 unspecified atom stereocenters. The third-order valence-electron chi connectivity index (χ3n) is 4.46. The zero-order valence-electron chi connectivity index (χ0n) is 12.1. The Balaban J connectivity index is 2.17. The van der Waals surface area contributed by atoms with Crippen LogP contribution in [-0.2, 0) is 0 Å². The number of hydrogen-bond donors (Lipinski definition) is 1. The molecule has 19 heavy (non-hydrogen) atoms. The molecule has 0 heterocycles. The maximum absolute atomic E-state index is 10.7. The summed E-state index contributed by atoms with van der Waals surface area (Å²) in [7, 11) is 0. The lowest BCUT2D eigenvalue weighted by Crippen LogP contribution is -2.15. The average Bonchev–Trinajstić information content (AvgIpc) is 2.32. The zero-order chi connectivity index (χ0) is 13.8. The van der Waals surface area contributed by atoms with Crippen LogP contribution in [0.25, 0.3) is 0 Å². The van der Waals surface area contributed by atoms with Crippen LogP contribution in [0.3, 0.4) is 0 Å². The van der Waals surface area contributed by atoms with Gasteiger partial charge in [-0.1, -0.05) is 49.8 Å². The fraction of sp³-hybridized carbons (Fsp3) is 0.647. The second-order valence-corrected chi connectivity index (χ2v) is 6.42. The Morgan fingerprint density at radius 2 is 1.58 bits per heavy atom. The number of benzene rings is 1. The highest BCUT2D eigenvalue weighted by molar-refractivity contribution is 6.31. The lowest BCUT2D eigenvalue weighted by molar-refractivity contribution is 0.0907. The lowest BCUT2D eigenvalue weighted by Gasteiger charge is -2.26. The van der Waals surface area contributed by atoms with E-state index in [1.165, 1.54) is 32.1 Å². The summed E-state index contributed by atoms with van der Waals surface area (Å²) in [4.78, 5) is 0. The normalized spacial score (nSPS) is 19.8. The van der Waals surface area contributed by atoms with Gasteiger partial charge in [-0.25, -0.2) is 0 Å². The van der Waals surface area contributed by atoms with E-state index in [1.54, 1.807) is 0 Å². The molecule has 1 aliphatic rings. The first-order chi connectivity index (χ1) is 9.09. The molecular formula is C17H25ClO. The van der Waals surface area contributed by atoms with Gasteiger partial charge >= 0.3 is 0 Å². The highest BCUT2D eigenvalue weighted by Crippen LogP contribution is 2.35. The predicted molar refractivity (Wildman–Crippen MR) is 81.7 cm³/mol. The Bertz CT molecular complexity index is 420. The van der Waals surface area contributed by atoms with E-state index in [4.69, 9.17) is 11.6 Å². The van der Waals surface area contributed by atoms with Gasteiger partial charge in [0.05, 0.1) is 6.10 Å². The van der Waals surface area contributed by atoms with Gasteiger partial charge in [0, 0.05) is 5.02 Å². The van der Waals surface area contributed by atoms with Gasteiger partial charge < -0.3 is 5.11 Å². The SMILES string of the molecule is Cc1cc(C(O)C2CCCCCCC2)c(C)cc1Cl. The topological polar surface area (TPSA) is 20.2 Å². The molecule has 106 valence electrons. The Hall–Kier alpha value is -0.530. The van der Waals surface area contributed by atoms with Crippen LogP contribution >= 0.6 is 11.6 Å². The molecule has 1 N–H and O–H groups in total. The van der Waals surface area contributed by atoms with E-state index in [0.29, 0.717) is 5.92 Å². The van der Waals surface area contributed by atoms with E-state index in [-0.39, 0.29) is 6.10 Å². The molecule has 1 atom stereocenters. The first kappa shape index (κ1) is 14.9. The first-order valence-electron chi connectivity index (χ1n) is 7.54. The van der Waals surface area contributed by atoms with Gasteiger partial charge in [-0.05, 0) is 55.4 Å². The monoisotopic (exact) mass is 280 g/mol. The van der Waals surface area contributed by atoms with E-state index < -0.39 is 0 Å². The summed E-state index contributed by atoms with van der Waals surface area (Å²) in [6, 6.07) is 4.06. The molecule has 2 rings (SSSR count). The fourth-order valence-corrected chi connectivity index (χ4v) is 3.40. The summed E-state index contributed by atoms with van der Waals surface area (Å²) in [6.07, 6.45) is 8.51. The van der Waals surface area contributed by atoms with Crippen molar-refractivity contribution in [3.63, 3.8) is 0 Å². The molecule has 0 radical (unpaired) electrons. The minimum absolute atomic E-state index is 0.325. The van der Waals surface area contributed by atoms with E-state index >= 15 is 0 Å². The molecule has 1 aliphatic carbocycles. The molecule has 0 amide bonds. The smallest absolute Gasteiger partial charge is 0.0820 e. The Kier molecular flexibility index (Phi) is 5.29. The van der Waals surface area contributed by atoms with Gasteiger partial charge in [-0.15, -0.1) is 0 Å². The van der Waals surface area contributed by atoms with Crippen molar-refractivity contribution in [1.29, 1.82) is 0 Å². The number of aliphatic hydroxyl groups excluding tert-OH is 1. The molecule has 1 aromatic rings. The standard InChI is InChI=1S/C17H25ClO/c1-12-11-16(18)13(2)10-15(12)17(19)14-8-6-4-3-5-7-9-14/h10-11,14,17,19H,3-9H2,1-2H3. The van der Waals surface area contributed by atoms with Gasteiger partial charge in [-0.3, -0.25) is 0 Å².